The molecule has 5 heteroatoms. The SMILES string of the molecule is N[C@@H]1[C@H](c2cccc(Cl)c2)[C@@H]1S(=O)(=O)c1ccccc1. The molecule has 0 bridgehead atoms. The maximum absolute atomic E-state index is 12.6. The average molecular weight is 308 g/mol. The summed E-state index contributed by atoms with van der Waals surface area (Å²) in [6.07, 6.45) is 0. The second-order valence-corrected chi connectivity index (χ2v) is 7.52. The highest BCUT2D eigenvalue weighted by Crippen LogP contribution is 2.47. The number of halogens is 1. The monoisotopic (exact) mass is 307 g/mol. The van der Waals surface area contributed by atoms with E-state index in [-0.39, 0.29) is 12.0 Å². The molecule has 0 saturated heterocycles. The van der Waals surface area contributed by atoms with Crippen LogP contribution in [0, 0.1) is 0 Å². The van der Waals surface area contributed by atoms with E-state index >= 15 is 0 Å². The van der Waals surface area contributed by atoms with Gasteiger partial charge in [0.2, 0.25) is 0 Å². The zero-order valence-corrected chi connectivity index (χ0v) is 12.2. The summed E-state index contributed by atoms with van der Waals surface area (Å²) in [5, 5.41) is 0.0285. The highest BCUT2D eigenvalue weighted by Gasteiger charge is 2.57. The predicted octanol–water partition coefficient (Wildman–Crippen LogP) is 2.61. The fourth-order valence-corrected chi connectivity index (χ4v) is 4.86. The maximum Gasteiger partial charge on any atom is 0.183 e. The van der Waals surface area contributed by atoms with Crippen molar-refractivity contribution >= 4 is 21.4 Å². The van der Waals surface area contributed by atoms with Gasteiger partial charge in [0, 0.05) is 17.0 Å². The van der Waals surface area contributed by atoms with Gasteiger partial charge in [0.25, 0.3) is 0 Å². The molecule has 104 valence electrons. The number of nitrogens with two attached hydrogens (primary N) is 1. The Morgan fingerprint density at radius 3 is 2.35 bits per heavy atom. The van der Waals surface area contributed by atoms with Gasteiger partial charge >= 0.3 is 0 Å². The molecule has 0 radical (unpaired) electrons. The molecule has 3 nitrogen and oxygen atoms in total. The van der Waals surface area contributed by atoms with Crippen molar-refractivity contribution in [1.82, 2.24) is 0 Å². The lowest BCUT2D eigenvalue weighted by atomic mass is 10.1. The normalized spacial score (nSPS) is 25.4. The Kier molecular flexibility index (Phi) is 3.32. The maximum atomic E-state index is 12.6. The summed E-state index contributed by atoms with van der Waals surface area (Å²) >= 11 is 5.95. The minimum Gasteiger partial charge on any atom is -0.326 e. The molecular formula is C15H14ClNO2S. The highest BCUT2D eigenvalue weighted by molar-refractivity contribution is 7.92. The molecule has 2 N–H and O–H groups in total. The summed E-state index contributed by atoms with van der Waals surface area (Å²) in [6.45, 7) is 0. The second kappa shape index (κ2) is 4.88. The number of sulfone groups is 1. The molecule has 0 spiro atoms. The topological polar surface area (TPSA) is 60.2 Å². The largest absolute Gasteiger partial charge is 0.326 e. The third-order valence-electron chi connectivity index (χ3n) is 3.67. The van der Waals surface area contributed by atoms with Crippen molar-refractivity contribution < 1.29 is 8.42 Å². The van der Waals surface area contributed by atoms with E-state index in [2.05, 4.69) is 0 Å². The van der Waals surface area contributed by atoms with Gasteiger partial charge in [-0.05, 0) is 29.8 Å². The molecule has 3 atom stereocenters. The molecule has 20 heavy (non-hydrogen) atoms. The molecule has 0 aliphatic heterocycles. The highest BCUT2D eigenvalue weighted by atomic mass is 35.5. The van der Waals surface area contributed by atoms with E-state index in [1.54, 1.807) is 42.5 Å². The molecule has 3 rings (SSSR count). The van der Waals surface area contributed by atoms with Crippen LogP contribution in [-0.4, -0.2) is 19.7 Å². The Balaban J connectivity index is 1.94. The Morgan fingerprint density at radius 2 is 1.70 bits per heavy atom. The van der Waals surface area contributed by atoms with Crippen LogP contribution in [0.4, 0.5) is 0 Å². The third kappa shape index (κ3) is 2.24. The van der Waals surface area contributed by atoms with Gasteiger partial charge in [-0.3, -0.25) is 0 Å². The van der Waals surface area contributed by atoms with Gasteiger partial charge in [-0.2, -0.15) is 0 Å². The van der Waals surface area contributed by atoms with Crippen LogP contribution in [0.25, 0.3) is 0 Å². The van der Waals surface area contributed by atoms with E-state index in [0.29, 0.717) is 9.92 Å². The lowest BCUT2D eigenvalue weighted by Gasteiger charge is -2.04. The minimum atomic E-state index is -3.39. The van der Waals surface area contributed by atoms with E-state index in [4.69, 9.17) is 17.3 Å². The molecule has 2 aromatic rings. The van der Waals surface area contributed by atoms with Crippen LogP contribution in [0.2, 0.25) is 5.02 Å². The molecule has 0 aromatic heterocycles. The molecule has 1 aliphatic carbocycles. The summed E-state index contributed by atoms with van der Waals surface area (Å²) < 4.78 is 25.1. The number of hydrogen-bond donors (Lipinski definition) is 1. The minimum absolute atomic E-state index is 0.182. The van der Waals surface area contributed by atoms with Gasteiger partial charge in [-0.15, -0.1) is 0 Å². The smallest absolute Gasteiger partial charge is 0.183 e. The molecular weight excluding hydrogens is 294 g/mol. The predicted molar refractivity (Wildman–Crippen MR) is 79.6 cm³/mol. The van der Waals surface area contributed by atoms with Gasteiger partial charge < -0.3 is 5.73 Å². The van der Waals surface area contributed by atoms with Crippen LogP contribution < -0.4 is 5.73 Å². The summed E-state index contributed by atoms with van der Waals surface area (Å²) in [4.78, 5) is 0.324. The Morgan fingerprint density at radius 1 is 1.00 bits per heavy atom. The Hall–Kier alpha value is -1.36. The molecule has 1 saturated carbocycles. The van der Waals surface area contributed by atoms with Crippen LogP contribution in [0.15, 0.2) is 59.5 Å². The van der Waals surface area contributed by atoms with E-state index in [9.17, 15) is 8.42 Å². The van der Waals surface area contributed by atoms with Crippen LogP contribution >= 0.6 is 11.6 Å². The molecule has 1 aliphatic rings. The number of rotatable bonds is 3. The summed E-state index contributed by atoms with van der Waals surface area (Å²) in [5.74, 6) is -0.182. The lowest BCUT2D eigenvalue weighted by Crippen LogP contribution is -2.15. The van der Waals surface area contributed by atoms with E-state index < -0.39 is 15.1 Å². The molecule has 2 aromatic carbocycles. The average Bonchev–Trinajstić information content (AvgIpc) is 3.12. The summed E-state index contributed by atoms with van der Waals surface area (Å²) in [7, 11) is -3.39. The van der Waals surface area contributed by atoms with Crippen LogP contribution in [0.1, 0.15) is 11.5 Å². The van der Waals surface area contributed by atoms with Gasteiger partial charge in [-0.1, -0.05) is 41.9 Å². The fourth-order valence-electron chi connectivity index (χ4n) is 2.60. The van der Waals surface area contributed by atoms with E-state index in [1.807, 2.05) is 12.1 Å². The number of hydrogen-bond acceptors (Lipinski definition) is 3. The van der Waals surface area contributed by atoms with Crippen molar-refractivity contribution in [3.05, 3.63) is 65.2 Å². The van der Waals surface area contributed by atoms with Gasteiger partial charge in [0.1, 0.15) is 0 Å². The fraction of sp³-hybridized carbons (Fsp3) is 0.200. The first-order valence-corrected chi connectivity index (χ1v) is 8.24. The molecule has 1 fully saturated rings. The first-order valence-electron chi connectivity index (χ1n) is 6.32. The van der Waals surface area contributed by atoms with Crippen molar-refractivity contribution in [1.29, 1.82) is 0 Å². The first kappa shape index (κ1) is 13.6. The van der Waals surface area contributed by atoms with Crippen molar-refractivity contribution in [2.75, 3.05) is 0 Å². The van der Waals surface area contributed by atoms with Crippen molar-refractivity contribution in [2.45, 2.75) is 22.1 Å². The lowest BCUT2D eigenvalue weighted by molar-refractivity contribution is 0.593. The summed E-state index contributed by atoms with van der Waals surface area (Å²) in [5.41, 5.74) is 6.88. The standard InChI is InChI=1S/C15H14ClNO2S/c16-11-6-4-5-10(9-11)13-14(17)15(13)20(18,19)12-7-2-1-3-8-12/h1-9,13-15H,17H2/t13-,14+,15-/m0/s1. The Labute approximate surface area is 123 Å². The van der Waals surface area contributed by atoms with Gasteiger partial charge in [0.15, 0.2) is 9.84 Å². The number of benzene rings is 2. The van der Waals surface area contributed by atoms with Crippen LogP contribution in [0.5, 0.6) is 0 Å². The Bertz CT molecular complexity index is 731. The first-order chi connectivity index (χ1) is 9.51. The van der Waals surface area contributed by atoms with Crippen LogP contribution in [-0.2, 0) is 9.84 Å². The van der Waals surface area contributed by atoms with Crippen LogP contribution in [0.3, 0.4) is 0 Å². The molecule has 0 unspecified atom stereocenters. The second-order valence-electron chi connectivity index (χ2n) is 4.98. The van der Waals surface area contributed by atoms with Gasteiger partial charge in [0.05, 0.1) is 10.1 Å². The van der Waals surface area contributed by atoms with E-state index in [0.717, 1.165) is 5.56 Å². The van der Waals surface area contributed by atoms with Gasteiger partial charge in [-0.25, -0.2) is 8.42 Å². The van der Waals surface area contributed by atoms with Crippen molar-refractivity contribution in [2.24, 2.45) is 5.73 Å². The molecule has 0 heterocycles. The quantitative estimate of drug-likeness (QED) is 0.948. The van der Waals surface area contributed by atoms with Crippen molar-refractivity contribution in [3.8, 4) is 0 Å². The van der Waals surface area contributed by atoms with E-state index in [1.165, 1.54) is 0 Å². The van der Waals surface area contributed by atoms with Crippen molar-refractivity contribution in [3.63, 3.8) is 0 Å². The zero-order chi connectivity index (χ0) is 14.3. The zero-order valence-electron chi connectivity index (χ0n) is 10.6. The third-order valence-corrected chi connectivity index (χ3v) is 6.16. The summed E-state index contributed by atoms with van der Waals surface area (Å²) in [6, 6.07) is 15.3. The molecule has 0 amide bonds.